The van der Waals surface area contributed by atoms with Crippen LogP contribution in [0, 0.1) is 0 Å². The fourth-order valence-corrected chi connectivity index (χ4v) is 1.06. The second-order valence-electron chi connectivity index (χ2n) is 3.07. The summed E-state index contributed by atoms with van der Waals surface area (Å²) in [4.78, 5) is 4.56. The number of hydrogen-bond acceptors (Lipinski definition) is 3. The van der Waals surface area contributed by atoms with Gasteiger partial charge in [-0.3, -0.25) is 0 Å². The molecule has 1 aromatic rings. The highest BCUT2D eigenvalue weighted by molar-refractivity contribution is 7.80. The van der Waals surface area contributed by atoms with Gasteiger partial charge in [-0.2, -0.15) is 0 Å². The van der Waals surface area contributed by atoms with Gasteiger partial charge < -0.3 is 11.1 Å². The van der Waals surface area contributed by atoms with Crippen LogP contribution in [-0.4, -0.2) is 16.0 Å². The smallest absolute Gasteiger partial charge is 0.126 e. The average molecular weight is 195 g/mol. The topological polar surface area (TPSA) is 50.9 Å². The molecule has 0 fully saturated rings. The molecule has 1 heterocycles. The second kappa shape index (κ2) is 4.18. The Hall–Kier alpha value is -1.16. The van der Waals surface area contributed by atoms with Crippen LogP contribution in [0.2, 0.25) is 0 Å². The number of rotatable bonds is 3. The Morgan fingerprint density at radius 2 is 2.23 bits per heavy atom. The van der Waals surface area contributed by atoms with E-state index in [0.29, 0.717) is 16.7 Å². The fraction of sp³-hybridized carbons (Fsp3) is 0.333. The van der Waals surface area contributed by atoms with Crippen molar-refractivity contribution in [2.24, 2.45) is 5.73 Å². The van der Waals surface area contributed by atoms with Gasteiger partial charge in [0.1, 0.15) is 10.8 Å². The Kier molecular flexibility index (Phi) is 3.19. The Morgan fingerprint density at radius 3 is 2.77 bits per heavy atom. The van der Waals surface area contributed by atoms with E-state index in [4.69, 9.17) is 18.0 Å². The molecule has 0 atom stereocenters. The molecule has 0 saturated carbocycles. The number of nitrogens with one attached hydrogen (secondary N) is 1. The van der Waals surface area contributed by atoms with Crippen LogP contribution in [0.3, 0.4) is 0 Å². The van der Waals surface area contributed by atoms with Crippen LogP contribution in [0.25, 0.3) is 0 Å². The number of thiocarbonyl (C=S) groups is 1. The fourth-order valence-electron chi connectivity index (χ4n) is 0.948. The predicted octanol–water partition coefficient (Wildman–Crippen LogP) is 1.54. The summed E-state index contributed by atoms with van der Waals surface area (Å²) in [5.41, 5.74) is 6.11. The molecule has 0 aliphatic carbocycles. The van der Waals surface area contributed by atoms with Crippen molar-refractivity contribution in [2.75, 3.05) is 5.32 Å². The Morgan fingerprint density at radius 1 is 1.54 bits per heavy atom. The first-order valence-electron chi connectivity index (χ1n) is 4.13. The highest BCUT2D eigenvalue weighted by Crippen LogP contribution is 2.05. The highest BCUT2D eigenvalue weighted by Gasteiger charge is 2.00. The maximum Gasteiger partial charge on any atom is 0.126 e. The molecule has 4 heteroatoms. The lowest BCUT2D eigenvalue weighted by atomic mass is 10.3. The van der Waals surface area contributed by atoms with Crippen LogP contribution in [0.15, 0.2) is 18.2 Å². The van der Waals surface area contributed by atoms with Gasteiger partial charge in [0.25, 0.3) is 0 Å². The quantitative estimate of drug-likeness (QED) is 0.718. The van der Waals surface area contributed by atoms with Gasteiger partial charge in [-0.25, -0.2) is 4.98 Å². The molecule has 0 saturated heterocycles. The van der Waals surface area contributed by atoms with Gasteiger partial charge in [-0.15, -0.1) is 0 Å². The van der Waals surface area contributed by atoms with Crippen molar-refractivity contribution in [3.8, 4) is 0 Å². The van der Waals surface area contributed by atoms with E-state index < -0.39 is 0 Å². The lowest BCUT2D eigenvalue weighted by molar-refractivity contribution is 0.889. The van der Waals surface area contributed by atoms with Crippen LogP contribution < -0.4 is 11.1 Å². The molecule has 0 unspecified atom stereocenters. The predicted molar refractivity (Wildman–Crippen MR) is 58.9 cm³/mol. The van der Waals surface area contributed by atoms with E-state index >= 15 is 0 Å². The minimum absolute atomic E-state index is 0.326. The zero-order chi connectivity index (χ0) is 9.84. The third kappa shape index (κ3) is 2.99. The molecule has 0 aliphatic heterocycles. The third-order valence-corrected chi connectivity index (χ3v) is 1.65. The molecular weight excluding hydrogens is 182 g/mol. The van der Waals surface area contributed by atoms with Crippen molar-refractivity contribution in [3.05, 3.63) is 23.9 Å². The third-order valence-electron chi connectivity index (χ3n) is 1.44. The number of anilines is 1. The summed E-state index contributed by atoms with van der Waals surface area (Å²) in [6.45, 7) is 4.10. The summed E-state index contributed by atoms with van der Waals surface area (Å²) in [6, 6.07) is 5.93. The summed E-state index contributed by atoms with van der Waals surface area (Å²) in [6.07, 6.45) is 0. The van der Waals surface area contributed by atoms with E-state index in [2.05, 4.69) is 24.1 Å². The maximum atomic E-state index is 5.45. The van der Waals surface area contributed by atoms with Gasteiger partial charge in [0.05, 0.1) is 5.69 Å². The van der Waals surface area contributed by atoms with Crippen molar-refractivity contribution >= 4 is 23.0 Å². The summed E-state index contributed by atoms with van der Waals surface area (Å²) >= 11 is 4.82. The van der Waals surface area contributed by atoms with E-state index in [1.54, 1.807) is 6.07 Å². The molecule has 13 heavy (non-hydrogen) atoms. The zero-order valence-corrected chi connectivity index (χ0v) is 8.56. The van der Waals surface area contributed by atoms with E-state index in [0.717, 1.165) is 5.82 Å². The van der Waals surface area contributed by atoms with E-state index in [1.807, 2.05) is 12.1 Å². The Bertz CT molecular complexity index is 309. The minimum atomic E-state index is 0.326. The van der Waals surface area contributed by atoms with Gasteiger partial charge >= 0.3 is 0 Å². The van der Waals surface area contributed by atoms with E-state index in [9.17, 15) is 0 Å². The van der Waals surface area contributed by atoms with Crippen molar-refractivity contribution in [3.63, 3.8) is 0 Å². The van der Waals surface area contributed by atoms with Crippen molar-refractivity contribution < 1.29 is 0 Å². The highest BCUT2D eigenvalue weighted by atomic mass is 32.1. The van der Waals surface area contributed by atoms with Gasteiger partial charge in [0.2, 0.25) is 0 Å². The SMILES string of the molecule is CC(C)Nc1cccc(C(N)=S)n1. The Balaban J connectivity index is 2.85. The molecule has 3 nitrogen and oxygen atoms in total. The lowest BCUT2D eigenvalue weighted by Gasteiger charge is -2.09. The molecule has 1 rings (SSSR count). The number of nitrogens with zero attached hydrogens (tertiary/aromatic N) is 1. The Labute approximate surface area is 83.4 Å². The lowest BCUT2D eigenvalue weighted by Crippen LogP contribution is -2.15. The van der Waals surface area contributed by atoms with Crippen LogP contribution in [0.4, 0.5) is 5.82 Å². The van der Waals surface area contributed by atoms with E-state index in [1.165, 1.54) is 0 Å². The van der Waals surface area contributed by atoms with Crippen LogP contribution in [-0.2, 0) is 0 Å². The number of nitrogens with two attached hydrogens (primary N) is 1. The molecule has 0 aliphatic rings. The van der Waals surface area contributed by atoms with Gasteiger partial charge in [0.15, 0.2) is 0 Å². The van der Waals surface area contributed by atoms with Crippen LogP contribution >= 0.6 is 12.2 Å². The first kappa shape index (κ1) is 9.92. The monoisotopic (exact) mass is 195 g/mol. The summed E-state index contributed by atoms with van der Waals surface area (Å²) < 4.78 is 0. The first-order valence-corrected chi connectivity index (χ1v) is 4.54. The molecule has 0 radical (unpaired) electrons. The zero-order valence-electron chi connectivity index (χ0n) is 7.74. The van der Waals surface area contributed by atoms with Crippen molar-refractivity contribution in [2.45, 2.75) is 19.9 Å². The number of hydrogen-bond donors (Lipinski definition) is 2. The minimum Gasteiger partial charge on any atom is -0.388 e. The summed E-state index contributed by atoms with van der Waals surface area (Å²) in [5.74, 6) is 0.806. The summed E-state index contributed by atoms with van der Waals surface area (Å²) in [7, 11) is 0. The van der Waals surface area contributed by atoms with Crippen LogP contribution in [0.5, 0.6) is 0 Å². The van der Waals surface area contributed by atoms with Crippen molar-refractivity contribution in [1.29, 1.82) is 0 Å². The molecular formula is C9H13N3S. The molecule has 0 amide bonds. The molecule has 0 bridgehead atoms. The maximum absolute atomic E-state index is 5.45. The number of pyridine rings is 1. The molecule has 3 N–H and O–H groups in total. The molecule has 0 spiro atoms. The normalized spacial score (nSPS) is 10.1. The molecule has 1 aromatic heterocycles. The van der Waals surface area contributed by atoms with Crippen molar-refractivity contribution in [1.82, 2.24) is 4.98 Å². The number of aromatic nitrogens is 1. The van der Waals surface area contributed by atoms with Gasteiger partial charge in [-0.1, -0.05) is 18.3 Å². The van der Waals surface area contributed by atoms with Gasteiger partial charge in [0, 0.05) is 6.04 Å². The second-order valence-corrected chi connectivity index (χ2v) is 3.51. The average Bonchev–Trinajstić information content (AvgIpc) is 2.03. The molecule has 0 aromatic carbocycles. The standard InChI is InChI=1S/C9H13N3S/c1-6(2)11-8-5-3-4-7(12-8)9(10)13/h3-6H,1-2H3,(H2,10,13)(H,11,12). The largest absolute Gasteiger partial charge is 0.388 e. The van der Waals surface area contributed by atoms with Gasteiger partial charge in [-0.05, 0) is 26.0 Å². The van der Waals surface area contributed by atoms with E-state index in [-0.39, 0.29) is 0 Å². The van der Waals surface area contributed by atoms with Crippen LogP contribution in [0.1, 0.15) is 19.5 Å². The summed E-state index contributed by atoms with van der Waals surface area (Å²) in [5, 5.41) is 3.17. The first-order chi connectivity index (χ1) is 6.09. The molecule has 70 valence electrons.